The Labute approximate surface area is 142 Å². The molecular weight excluding hydrogens is 391 g/mol. The lowest BCUT2D eigenvalue weighted by Gasteiger charge is -2.04. The molecule has 0 radical (unpaired) electrons. The summed E-state index contributed by atoms with van der Waals surface area (Å²) in [5, 5.41) is 14.0. The SMILES string of the molecule is C=CCc1cccc(/C=N/NC(=O)c2cccc(I)c2)c1O. The number of nitrogens with one attached hydrogen (secondary N) is 1. The number of hydrazone groups is 1. The number of allylic oxidation sites excluding steroid dienone is 1. The molecule has 0 unspecified atom stereocenters. The number of phenols is 1. The van der Waals surface area contributed by atoms with Crippen LogP contribution < -0.4 is 5.43 Å². The van der Waals surface area contributed by atoms with Crippen molar-refractivity contribution in [2.45, 2.75) is 6.42 Å². The van der Waals surface area contributed by atoms with Crippen LogP contribution in [0.25, 0.3) is 0 Å². The van der Waals surface area contributed by atoms with Gasteiger partial charge in [-0.2, -0.15) is 5.10 Å². The highest BCUT2D eigenvalue weighted by Crippen LogP contribution is 2.21. The molecule has 0 aliphatic heterocycles. The first-order valence-electron chi connectivity index (χ1n) is 6.62. The van der Waals surface area contributed by atoms with Crippen LogP contribution in [0.15, 0.2) is 60.2 Å². The number of carbonyl (C=O) groups is 1. The molecule has 0 bridgehead atoms. The predicted octanol–water partition coefficient (Wildman–Crippen LogP) is 3.49. The van der Waals surface area contributed by atoms with E-state index < -0.39 is 0 Å². The van der Waals surface area contributed by atoms with Crippen LogP contribution in [-0.2, 0) is 6.42 Å². The molecule has 5 heteroatoms. The van der Waals surface area contributed by atoms with Crippen molar-refractivity contribution >= 4 is 34.7 Å². The Kier molecular flexibility index (Phi) is 5.71. The molecule has 0 spiro atoms. The fraction of sp³-hybridized carbons (Fsp3) is 0.0588. The zero-order valence-electron chi connectivity index (χ0n) is 11.8. The second-order valence-corrected chi connectivity index (χ2v) is 5.80. The van der Waals surface area contributed by atoms with Crippen molar-refractivity contribution in [2.24, 2.45) is 5.10 Å². The van der Waals surface area contributed by atoms with Gasteiger partial charge in [0.25, 0.3) is 5.91 Å². The zero-order valence-corrected chi connectivity index (χ0v) is 13.9. The molecule has 2 rings (SSSR count). The fourth-order valence-electron chi connectivity index (χ4n) is 1.89. The highest BCUT2D eigenvalue weighted by Gasteiger charge is 2.05. The summed E-state index contributed by atoms with van der Waals surface area (Å²) in [7, 11) is 0. The predicted molar refractivity (Wildman–Crippen MR) is 96.2 cm³/mol. The molecule has 0 aromatic heterocycles. The minimum atomic E-state index is -0.295. The van der Waals surface area contributed by atoms with Gasteiger partial charge in [0.05, 0.1) is 6.21 Å². The van der Waals surface area contributed by atoms with Crippen LogP contribution in [0.3, 0.4) is 0 Å². The molecule has 22 heavy (non-hydrogen) atoms. The van der Waals surface area contributed by atoms with E-state index in [0.29, 0.717) is 17.5 Å². The number of benzene rings is 2. The number of para-hydroxylation sites is 1. The number of halogens is 1. The lowest BCUT2D eigenvalue weighted by molar-refractivity contribution is 0.0955. The maximum atomic E-state index is 11.9. The van der Waals surface area contributed by atoms with E-state index in [9.17, 15) is 9.90 Å². The van der Waals surface area contributed by atoms with Crippen molar-refractivity contribution < 1.29 is 9.90 Å². The average molecular weight is 406 g/mol. The normalized spacial score (nSPS) is 10.6. The second kappa shape index (κ2) is 7.74. The topological polar surface area (TPSA) is 61.7 Å². The van der Waals surface area contributed by atoms with Crippen LogP contribution in [0.4, 0.5) is 0 Å². The van der Waals surface area contributed by atoms with Crippen molar-refractivity contribution in [3.8, 4) is 5.75 Å². The van der Waals surface area contributed by atoms with Gasteiger partial charge in [0.2, 0.25) is 0 Å². The van der Waals surface area contributed by atoms with E-state index >= 15 is 0 Å². The zero-order chi connectivity index (χ0) is 15.9. The molecule has 0 fully saturated rings. The molecule has 0 aliphatic rings. The maximum Gasteiger partial charge on any atom is 0.271 e. The molecule has 0 atom stereocenters. The van der Waals surface area contributed by atoms with Crippen molar-refractivity contribution in [1.82, 2.24) is 5.43 Å². The quantitative estimate of drug-likeness (QED) is 0.346. The summed E-state index contributed by atoms with van der Waals surface area (Å²) in [5.41, 5.74) is 4.30. The monoisotopic (exact) mass is 406 g/mol. The van der Waals surface area contributed by atoms with E-state index in [1.807, 2.05) is 24.3 Å². The van der Waals surface area contributed by atoms with Gasteiger partial charge in [-0.25, -0.2) is 5.43 Å². The third-order valence-electron chi connectivity index (χ3n) is 2.97. The Morgan fingerprint density at radius 3 is 2.82 bits per heavy atom. The van der Waals surface area contributed by atoms with Crippen molar-refractivity contribution in [3.63, 3.8) is 0 Å². The van der Waals surface area contributed by atoms with Crippen molar-refractivity contribution in [1.29, 1.82) is 0 Å². The molecular formula is C17H15IN2O2. The Bertz CT molecular complexity index is 726. The molecule has 1 amide bonds. The van der Waals surface area contributed by atoms with Crippen LogP contribution in [0, 0.1) is 3.57 Å². The molecule has 0 heterocycles. The summed E-state index contributed by atoms with van der Waals surface area (Å²) in [6.07, 6.45) is 3.71. The smallest absolute Gasteiger partial charge is 0.271 e. The number of nitrogens with zero attached hydrogens (tertiary/aromatic N) is 1. The highest BCUT2D eigenvalue weighted by atomic mass is 127. The summed E-state index contributed by atoms with van der Waals surface area (Å²) in [6, 6.07) is 12.6. The lowest BCUT2D eigenvalue weighted by atomic mass is 10.1. The molecule has 0 saturated heterocycles. The average Bonchev–Trinajstić information content (AvgIpc) is 2.51. The van der Waals surface area contributed by atoms with E-state index in [1.54, 1.807) is 24.3 Å². The van der Waals surface area contributed by atoms with Gasteiger partial charge in [-0.15, -0.1) is 6.58 Å². The van der Waals surface area contributed by atoms with Gasteiger partial charge >= 0.3 is 0 Å². The Balaban J connectivity index is 2.08. The first kappa shape index (κ1) is 16.2. The molecule has 0 aliphatic carbocycles. The number of carbonyl (C=O) groups excluding carboxylic acids is 1. The molecule has 4 nitrogen and oxygen atoms in total. The highest BCUT2D eigenvalue weighted by molar-refractivity contribution is 14.1. The summed E-state index contributed by atoms with van der Waals surface area (Å²) < 4.78 is 0.976. The van der Waals surface area contributed by atoms with Gasteiger partial charge < -0.3 is 5.11 Å². The summed E-state index contributed by atoms with van der Waals surface area (Å²) in [4.78, 5) is 11.9. The molecule has 0 saturated carbocycles. The summed E-state index contributed by atoms with van der Waals surface area (Å²) in [6.45, 7) is 3.65. The third kappa shape index (κ3) is 4.17. The van der Waals surface area contributed by atoms with Crippen LogP contribution in [0.1, 0.15) is 21.5 Å². The van der Waals surface area contributed by atoms with Gasteiger partial charge in [0, 0.05) is 14.7 Å². The maximum absolute atomic E-state index is 11.9. The molecule has 2 aromatic rings. The summed E-state index contributed by atoms with van der Waals surface area (Å²) >= 11 is 2.14. The van der Waals surface area contributed by atoms with Crippen molar-refractivity contribution in [3.05, 3.63) is 75.4 Å². The number of phenolic OH excluding ortho intramolecular Hbond substituents is 1. The minimum absolute atomic E-state index is 0.148. The summed E-state index contributed by atoms with van der Waals surface area (Å²) in [5.74, 6) is -0.147. The second-order valence-electron chi connectivity index (χ2n) is 4.56. The first-order chi connectivity index (χ1) is 10.6. The number of amides is 1. The van der Waals surface area contributed by atoms with Gasteiger partial charge in [0.15, 0.2) is 0 Å². The Hall–Kier alpha value is -2.15. The van der Waals surface area contributed by atoms with E-state index in [0.717, 1.165) is 9.13 Å². The molecule has 2 aromatic carbocycles. The third-order valence-corrected chi connectivity index (χ3v) is 3.64. The first-order valence-corrected chi connectivity index (χ1v) is 7.70. The Morgan fingerprint density at radius 1 is 1.32 bits per heavy atom. The molecule has 2 N–H and O–H groups in total. The van der Waals surface area contributed by atoms with Crippen LogP contribution >= 0.6 is 22.6 Å². The Morgan fingerprint density at radius 2 is 2.09 bits per heavy atom. The molecule has 112 valence electrons. The largest absolute Gasteiger partial charge is 0.507 e. The van der Waals surface area contributed by atoms with Crippen LogP contribution in [0.5, 0.6) is 5.75 Å². The van der Waals surface area contributed by atoms with E-state index in [1.165, 1.54) is 6.21 Å². The number of hydrogen-bond donors (Lipinski definition) is 2. The van der Waals surface area contributed by atoms with Crippen LogP contribution in [-0.4, -0.2) is 17.2 Å². The fourth-order valence-corrected chi connectivity index (χ4v) is 2.43. The number of rotatable bonds is 5. The van der Waals surface area contributed by atoms with E-state index in [-0.39, 0.29) is 11.7 Å². The number of aromatic hydroxyl groups is 1. The van der Waals surface area contributed by atoms with Gasteiger partial charge in [-0.05, 0) is 58.8 Å². The standard InChI is InChI=1S/C17H15IN2O2/c1-2-5-12-6-3-8-14(16(12)21)11-19-20-17(22)13-7-4-9-15(18)10-13/h2-4,6-11,21H,1,5H2,(H,20,22)/b19-11+. The van der Waals surface area contributed by atoms with E-state index in [2.05, 4.69) is 39.7 Å². The van der Waals surface area contributed by atoms with Crippen LogP contribution in [0.2, 0.25) is 0 Å². The van der Waals surface area contributed by atoms with Gasteiger partial charge in [-0.1, -0.05) is 24.3 Å². The van der Waals surface area contributed by atoms with Crippen molar-refractivity contribution in [2.75, 3.05) is 0 Å². The van der Waals surface area contributed by atoms with Gasteiger partial charge in [-0.3, -0.25) is 4.79 Å². The minimum Gasteiger partial charge on any atom is -0.507 e. The lowest BCUT2D eigenvalue weighted by Crippen LogP contribution is -2.17. The van der Waals surface area contributed by atoms with Gasteiger partial charge in [0.1, 0.15) is 5.75 Å². The van der Waals surface area contributed by atoms with E-state index in [4.69, 9.17) is 0 Å². The number of hydrogen-bond acceptors (Lipinski definition) is 3.